The minimum Gasteiger partial charge on any atom is -0.496 e. The lowest BCUT2D eigenvalue weighted by molar-refractivity contribution is -0.137. The summed E-state index contributed by atoms with van der Waals surface area (Å²) < 4.78 is 49.1. The second-order valence-corrected chi connectivity index (χ2v) is 6.83. The van der Waals surface area contributed by atoms with Crippen LogP contribution in [0.4, 0.5) is 13.2 Å². The van der Waals surface area contributed by atoms with Crippen molar-refractivity contribution in [1.29, 1.82) is 0 Å². The third kappa shape index (κ3) is 5.77. The van der Waals surface area contributed by atoms with E-state index in [9.17, 15) is 22.8 Å². The monoisotopic (exact) mass is 437 g/mol. The molecule has 31 heavy (non-hydrogen) atoms. The van der Waals surface area contributed by atoms with Gasteiger partial charge in [-0.25, -0.2) is 0 Å². The highest BCUT2D eigenvalue weighted by Crippen LogP contribution is 2.36. The first-order valence-corrected chi connectivity index (χ1v) is 10.0. The first-order chi connectivity index (χ1) is 14.7. The topological polar surface area (TPSA) is 64.6 Å². The lowest BCUT2D eigenvalue weighted by Gasteiger charge is -2.20. The second-order valence-electron chi connectivity index (χ2n) is 6.83. The highest BCUT2D eigenvalue weighted by Gasteiger charge is 2.30. The lowest BCUT2D eigenvalue weighted by atomic mass is 9.96. The number of amides is 1. The van der Waals surface area contributed by atoms with Gasteiger partial charge < -0.3 is 14.8 Å². The summed E-state index contributed by atoms with van der Waals surface area (Å²) in [5.74, 6) is -0.178. The number of alkyl halides is 3. The summed E-state index contributed by atoms with van der Waals surface area (Å²) in [6.07, 6.45) is -3.27. The van der Waals surface area contributed by atoms with Crippen LogP contribution in [0, 0.1) is 0 Å². The molecule has 2 aromatic carbocycles. The van der Waals surface area contributed by atoms with E-state index in [1.54, 1.807) is 13.0 Å². The molecule has 8 heteroatoms. The molecule has 0 saturated carbocycles. The van der Waals surface area contributed by atoms with E-state index in [2.05, 4.69) is 5.32 Å². The number of aryl methyl sites for hydroxylation is 1. The van der Waals surface area contributed by atoms with E-state index >= 15 is 0 Å². The molecule has 0 aromatic heterocycles. The second kappa shape index (κ2) is 10.3. The molecule has 5 nitrogen and oxygen atoms in total. The number of ether oxygens (including phenoxy) is 2. The van der Waals surface area contributed by atoms with E-state index in [1.807, 2.05) is 13.8 Å². The fraction of sp³-hybridized carbons (Fsp3) is 0.391. The van der Waals surface area contributed by atoms with Gasteiger partial charge >= 0.3 is 12.1 Å². The molecule has 2 aromatic rings. The van der Waals surface area contributed by atoms with Gasteiger partial charge in [-0.3, -0.25) is 9.59 Å². The number of esters is 1. The zero-order chi connectivity index (χ0) is 23.2. The summed E-state index contributed by atoms with van der Waals surface area (Å²) in [5.41, 5.74) is 1.26. The fourth-order valence-electron chi connectivity index (χ4n) is 3.19. The smallest absolute Gasteiger partial charge is 0.416 e. The van der Waals surface area contributed by atoms with E-state index in [0.29, 0.717) is 41.0 Å². The average molecular weight is 437 g/mol. The number of carbonyl (C=O) groups excluding carboxylic acids is 2. The zero-order valence-corrected chi connectivity index (χ0v) is 18.0. The molecule has 2 rings (SSSR count). The third-order valence-corrected chi connectivity index (χ3v) is 4.84. The van der Waals surface area contributed by atoms with Crippen LogP contribution in [0.1, 0.15) is 59.8 Å². The van der Waals surface area contributed by atoms with Gasteiger partial charge in [0.2, 0.25) is 0 Å². The maximum absolute atomic E-state index is 13.1. The van der Waals surface area contributed by atoms with E-state index in [1.165, 1.54) is 19.2 Å². The van der Waals surface area contributed by atoms with Crippen molar-refractivity contribution in [2.45, 2.75) is 52.8 Å². The van der Waals surface area contributed by atoms with Crippen molar-refractivity contribution < 1.29 is 32.2 Å². The van der Waals surface area contributed by atoms with Gasteiger partial charge in [-0.2, -0.15) is 13.2 Å². The molecule has 0 aliphatic rings. The fourth-order valence-corrected chi connectivity index (χ4v) is 3.19. The van der Waals surface area contributed by atoms with Crippen molar-refractivity contribution in [2.24, 2.45) is 0 Å². The van der Waals surface area contributed by atoms with E-state index in [4.69, 9.17) is 9.47 Å². The molecule has 0 fully saturated rings. The SMILES string of the molecule is CCC(=O)Oc1cc(CC)c(OC)c(C(=O)NCc2ccc(C(F)(F)F)cc2)c1CC. The molecule has 0 spiro atoms. The number of benzene rings is 2. The molecule has 0 bridgehead atoms. The van der Waals surface area contributed by atoms with Crippen LogP contribution in [-0.4, -0.2) is 19.0 Å². The molecule has 0 aliphatic carbocycles. The van der Waals surface area contributed by atoms with Gasteiger partial charge in [0.25, 0.3) is 5.91 Å². The first-order valence-electron chi connectivity index (χ1n) is 10.0. The Morgan fingerprint density at radius 2 is 1.68 bits per heavy atom. The molecule has 0 saturated heterocycles. The Morgan fingerprint density at radius 1 is 1.03 bits per heavy atom. The normalized spacial score (nSPS) is 11.2. The number of halogens is 3. The molecule has 0 radical (unpaired) electrons. The molecule has 0 heterocycles. The summed E-state index contributed by atoms with van der Waals surface area (Å²) in [6, 6.07) is 6.28. The quantitative estimate of drug-likeness (QED) is 0.462. The van der Waals surface area contributed by atoms with Gasteiger partial charge in [-0.05, 0) is 42.2 Å². The van der Waals surface area contributed by atoms with Crippen LogP contribution in [0.5, 0.6) is 11.5 Å². The number of hydrogen-bond acceptors (Lipinski definition) is 4. The van der Waals surface area contributed by atoms with Crippen molar-refractivity contribution in [2.75, 3.05) is 7.11 Å². The standard InChI is InChI=1S/C23H26F3NO4/c1-5-15-12-18(31-19(28)7-3)17(6-2)20(21(15)30-4)22(29)27-13-14-8-10-16(11-9-14)23(24,25)26/h8-12H,5-7,13H2,1-4H3,(H,27,29). The van der Waals surface area contributed by atoms with Crippen molar-refractivity contribution in [3.63, 3.8) is 0 Å². The molecule has 1 N–H and O–H groups in total. The number of nitrogens with one attached hydrogen (secondary N) is 1. The average Bonchev–Trinajstić information content (AvgIpc) is 2.75. The van der Waals surface area contributed by atoms with Crippen LogP contribution >= 0.6 is 0 Å². The summed E-state index contributed by atoms with van der Waals surface area (Å²) in [4.78, 5) is 24.9. The van der Waals surface area contributed by atoms with Crippen LogP contribution in [0.3, 0.4) is 0 Å². The predicted molar refractivity (Wildman–Crippen MR) is 110 cm³/mol. The van der Waals surface area contributed by atoms with Crippen LogP contribution in [0.25, 0.3) is 0 Å². The van der Waals surface area contributed by atoms with Crippen LogP contribution in [-0.2, 0) is 30.4 Å². The summed E-state index contributed by atoms with van der Waals surface area (Å²) >= 11 is 0. The van der Waals surface area contributed by atoms with Crippen molar-refractivity contribution in [3.8, 4) is 11.5 Å². The lowest BCUT2D eigenvalue weighted by Crippen LogP contribution is -2.25. The van der Waals surface area contributed by atoms with Gasteiger partial charge in [0.15, 0.2) is 0 Å². The van der Waals surface area contributed by atoms with Crippen molar-refractivity contribution in [3.05, 3.63) is 58.1 Å². The minimum absolute atomic E-state index is 0.0315. The number of rotatable bonds is 8. The highest BCUT2D eigenvalue weighted by atomic mass is 19.4. The molecular formula is C23H26F3NO4. The summed E-state index contributed by atoms with van der Waals surface area (Å²) in [7, 11) is 1.46. The van der Waals surface area contributed by atoms with E-state index in [-0.39, 0.29) is 18.5 Å². The summed E-state index contributed by atoms with van der Waals surface area (Å²) in [5, 5.41) is 2.73. The third-order valence-electron chi connectivity index (χ3n) is 4.84. The number of methoxy groups -OCH3 is 1. The Kier molecular flexibility index (Phi) is 8.08. The Balaban J connectivity index is 2.37. The van der Waals surface area contributed by atoms with Gasteiger partial charge in [-0.15, -0.1) is 0 Å². The van der Waals surface area contributed by atoms with Gasteiger partial charge in [-0.1, -0.05) is 32.9 Å². The van der Waals surface area contributed by atoms with E-state index < -0.39 is 23.6 Å². The Morgan fingerprint density at radius 3 is 2.16 bits per heavy atom. The number of hydrogen-bond donors (Lipinski definition) is 1. The largest absolute Gasteiger partial charge is 0.496 e. The molecule has 168 valence electrons. The van der Waals surface area contributed by atoms with Gasteiger partial charge in [0.1, 0.15) is 11.5 Å². The minimum atomic E-state index is -4.42. The van der Waals surface area contributed by atoms with Crippen LogP contribution < -0.4 is 14.8 Å². The molecule has 0 aliphatic heterocycles. The zero-order valence-electron chi connectivity index (χ0n) is 18.0. The first kappa shape index (κ1) is 24.2. The van der Waals surface area contributed by atoms with Gasteiger partial charge in [0, 0.05) is 18.5 Å². The highest BCUT2D eigenvalue weighted by molar-refractivity contribution is 6.00. The van der Waals surface area contributed by atoms with Crippen LogP contribution in [0.2, 0.25) is 0 Å². The van der Waals surface area contributed by atoms with Crippen LogP contribution in [0.15, 0.2) is 30.3 Å². The molecule has 0 atom stereocenters. The summed E-state index contributed by atoms with van der Waals surface area (Å²) in [6.45, 7) is 5.43. The Hall–Kier alpha value is -3.03. The molecule has 0 unspecified atom stereocenters. The van der Waals surface area contributed by atoms with Gasteiger partial charge in [0.05, 0.1) is 18.2 Å². The van der Waals surface area contributed by atoms with Crippen molar-refractivity contribution >= 4 is 11.9 Å². The Labute approximate surface area is 179 Å². The predicted octanol–water partition coefficient (Wildman–Crippen LogP) is 5.08. The maximum Gasteiger partial charge on any atom is 0.416 e. The maximum atomic E-state index is 13.1. The van der Waals surface area contributed by atoms with Crippen molar-refractivity contribution in [1.82, 2.24) is 5.32 Å². The molecular weight excluding hydrogens is 411 g/mol. The van der Waals surface area contributed by atoms with E-state index in [0.717, 1.165) is 12.1 Å². The molecule has 1 amide bonds. The Bertz CT molecular complexity index is 937. The number of carbonyl (C=O) groups is 2.